The Hall–Kier alpha value is -2.51. The Morgan fingerprint density at radius 3 is 2.85 bits per heavy atom. The van der Waals surface area contributed by atoms with Gasteiger partial charge < -0.3 is 15.8 Å². The molecule has 0 fully saturated rings. The molecule has 2 aromatic carbocycles. The molecule has 1 heterocycles. The van der Waals surface area contributed by atoms with Gasteiger partial charge in [-0.15, -0.1) is 23.1 Å². The van der Waals surface area contributed by atoms with Crippen molar-refractivity contribution in [3.8, 4) is 17.0 Å². The average molecular weight is 386 g/mol. The molecule has 1 aromatic heterocycles. The number of thiazole rings is 1. The van der Waals surface area contributed by atoms with E-state index < -0.39 is 0 Å². The summed E-state index contributed by atoms with van der Waals surface area (Å²) >= 11 is 2.85. The van der Waals surface area contributed by atoms with Gasteiger partial charge in [0.1, 0.15) is 5.75 Å². The molecule has 0 saturated carbocycles. The second-order valence-electron chi connectivity index (χ2n) is 5.56. The number of ether oxygens (including phenoxy) is 1. The molecule has 0 aliphatic heterocycles. The molecule has 134 valence electrons. The molecule has 5 nitrogen and oxygen atoms in total. The number of amides is 1. The Bertz CT molecular complexity index is 911. The van der Waals surface area contributed by atoms with Gasteiger partial charge in [0.25, 0.3) is 0 Å². The summed E-state index contributed by atoms with van der Waals surface area (Å²) in [7, 11) is 1.63. The molecule has 7 heteroatoms. The van der Waals surface area contributed by atoms with Crippen molar-refractivity contribution in [3.63, 3.8) is 0 Å². The van der Waals surface area contributed by atoms with Gasteiger partial charge in [0, 0.05) is 21.5 Å². The molecule has 0 spiro atoms. The van der Waals surface area contributed by atoms with Crippen LogP contribution in [0.3, 0.4) is 0 Å². The third kappa shape index (κ3) is 4.36. The smallest absolute Gasteiger partial charge is 0.239 e. The molecule has 3 aromatic rings. The number of nitrogens with two attached hydrogens (primary N) is 1. The van der Waals surface area contributed by atoms with Gasteiger partial charge in [0.05, 0.1) is 18.1 Å². The number of carbonyl (C=O) groups excluding carboxylic acids is 1. The molecule has 0 radical (unpaired) electrons. The Kier molecular flexibility index (Phi) is 5.80. The molecule has 0 aliphatic carbocycles. The third-order valence-corrected chi connectivity index (χ3v) is 5.51. The van der Waals surface area contributed by atoms with E-state index in [0.29, 0.717) is 10.8 Å². The first kappa shape index (κ1) is 18.3. The summed E-state index contributed by atoms with van der Waals surface area (Å²) in [6.07, 6.45) is 0. The first-order valence-corrected chi connectivity index (χ1v) is 9.74. The van der Waals surface area contributed by atoms with Crippen molar-refractivity contribution in [2.45, 2.75) is 17.1 Å². The van der Waals surface area contributed by atoms with Crippen molar-refractivity contribution in [1.29, 1.82) is 0 Å². The largest absolute Gasteiger partial charge is 0.496 e. The maximum Gasteiger partial charge on any atom is 0.239 e. The highest BCUT2D eigenvalue weighted by Crippen LogP contribution is 2.32. The highest BCUT2D eigenvalue weighted by Gasteiger charge is 2.17. The van der Waals surface area contributed by atoms with Crippen LogP contribution in [0.2, 0.25) is 0 Å². The lowest BCUT2D eigenvalue weighted by atomic mass is 10.1. The van der Waals surface area contributed by atoms with E-state index in [2.05, 4.69) is 10.3 Å². The highest BCUT2D eigenvalue weighted by molar-refractivity contribution is 8.00. The van der Waals surface area contributed by atoms with Gasteiger partial charge in [-0.3, -0.25) is 4.79 Å². The number of nitrogens with one attached hydrogen (secondary N) is 1. The first-order valence-electron chi connectivity index (χ1n) is 7.99. The number of hydrogen-bond donors (Lipinski definition) is 2. The lowest BCUT2D eigenvalue weighted by Gasteiger charge is -2.10. The predicted octanol–water partition coefficient (Wildman–Crippen LogP) is 4.52. The number of rotatable bonds is 6. The predicted molar refractivity (Wildman–Crippen MR) is 109 cm³/mol. The fraction of sp³-hybridized carbons (Fsp3) is 0.158. The minimum Gasteiger partial charge on any atom is -0.496 e. The summed E-state index contributed by atoms with van der Waals surface area (Å²) in [5.41, 5.74) is 8.14. The maximum atomic E-state index is 12.4. The van der Waals surface area contributed by atoms with Crippen LogP contribution in [0, 0.1) is 0 Å². The molecule has 1 unspecified atom stereocenters. The van der Waals surface area contributed by atoms with Crippen LogP contribution in [-0.2, 0) is 4.79 Å². The number of nitrogen functional groups attached to an aromatic ring is 1. The van der Waals surface area contributed by atoms with Crippen molar-refractivity contribution in [1.82, 2.24) is 4.98 Å². The van der Waals surface area contributed by atoms with Crippen LogP contribution in [-0.4, -0.2) is 23.3 Å². The maximum absolute atomic E-state index is 12.4. The van der Waals surface area contributed by atoms with Gasteiger partial charge in [-0.05, 0) is 37.3 Å². The van der Waals surface area contributed by atoms with Gasteiger partial charge in [-0.2, -0.15) is 0 Å². The van der Waals surface area contributed by atoms with Gasteiger partial charge in [-0.25, -0.2) is 4.98 Å². The topological polar surface area (TPSA) is 77.2 Å². The molecule has 1 atom stereocenters. The van der Waals surface area contributed by atoms with Crippen LogP contribution >= 0.6 is 23.1 Å². The molecule has 0 saturated heterocycles. The van der Waals surface area contributed by atoms with E-state index in [1.54, 1.807) is 7.11 Å². The number of carbonyl (C=O) groups is 1. The van der Waals surface area contributed by atoms with E-state index in [1.165, 1.54) is 23.1 Å². The number of methoxy groups -OCH3 is 1. The van der Waals surface area contributed by atoms with Gasteiger partial charge in [0.2, 0.25) is 5.91 Å². The summed E-state index contributed by atoms with van der Waals surface area (Å²) in [5, 5.41) is 5.08. The number of para-hydroxylation sites is 1. The fourth-order valence-electron chi connectivity index (χ4n) is 2.36. The van der Waals surface area contributed by atoms with Gasteiger partial charge in [0.15, 0.2) is 5.13 Å². The monoisotopic (exact) mass is 385 g/mol. The lowest BCUT2D eigenvalue weighted by molar-refractivity contribution is -0.115. The number of hydrogen-bond acceptors (Lipinski definition) is 6. The Morgan fingerprint density at radius 2 is 2.08 bits per heavy atom. The van der Waals surface area contributed by atoms with Crippen LogP contribution in [0.25, 0.3) is 11.3 Å². The van der Waals surface area contributed by atoms with E-state index in [1.807, 2.05) is 60.8 Å². The second-order valence-corrected chi connectivity index (χ2v) is 7.83. The Morgan fingerprint density at radius 1 is 1.27 bits per heavy atom. The van der Waals surface area contributed by atoms with Crippen LogP contribution in [0.15, 0.2) is 58.8 Å². The zero-order valence-corrected chi connectivity index (χ0v) is 16.1. The zero-order chi connectivity index (χ0) is 18.5. The summed E-state index contributed by atoms with van der Waals surface area (Å²) in [6, 6.07) is 15.2. The molecular weight excluding hydrogens is 366 g/mol. The normalized spacial score (nSPS) is 11.8. The second kappa shape index (κ2) is 8.25. The molecule has 1 amide bonds. The van der Waals surface area contributed by atoms with E-state index in [4.69, 9.17) is 10.5 Å². The van der Waals surface area contributed by atoms with Crippen LogP contribution in [0.4, 0.5) is 10.8 Å². The highest BCUT2D eigenvalue weighted by atomic mass is 32.2. The third-order valence-electron chi connectivity index (χ3n) is 3.66. The van der Waals surface area contributed by atoms with Gasteiger partial charge in [-0.1, -0.05) is 18.2 Å². The average Bonchev–Trinajstić information content (AvgIpc) is 3.10. The van der Waals surface area contributed by atoms with E-state index in [0.717, 1.165) is 21.9 Å². The Balaban J connectivity index is 1.67. The lowest BCUT2D eigenvalue weighted by Crippen LogP contribution is -2.22. The van der Waals surface area contributed by atoms with E-state index >= 15 is 0 Å². The number of aromatic nitrogens is 1. The van der Waals surface area contributed by atoms with Crippen LogP contribution in [0.1, 0.15) is 6.92 Å². The fourth-order valence-corrected chi connectivity index (χ4v) is 4.01. The summed E-state index contributed by atoms with van der Waals surface area (Å²) in [5.74, 6) is 0.652. The van der Waals surface area contributed by atoms with Crippen molar-refractivity contribution in [3.05, 3.63) is 53.9 Å². The van der Waals surface area contributed by atoms with Crippen LogP contribution < -0.4 is 15.8 Å². The molecule has 3 N–H and O–H groups in total. The standard InChI is InChI=1S/C19H19N3O2S2/c1-12(26-14-7-5-6-13(20)10-14)18(23)22-19-21-16(11-25-19)15-8-3-4-9-17(15)24-2/h3-12H,20H2,1-2H3,(H,21,22,23). The zero-order valence-electron chi connectivity index (χ0n) is 14.4. The van der Waals surface area contributed by atoms with Crippen LogP contribution in [0.5, 0.6) is 5.75 Å². The minimum atomic E-state index is -0.268. The number of benzene rings is 2. The SMILES string of the molecule is COc1ccccc1-c1csc(NC(=O)C(C)Sc2cccc(N)c2)n1. The number of nitrogens with zero attached hydrogens (tertiary/aromatic N) is 1. The van der Waals surface area contributed by atoms with Crippen molar-refractivity contribution in [2.75, 3.05) is 18.2 Å². The summed E-state index contributed by atoms with van der Waals surface area (Å²) in [6.45, 7) is 1.86. The molecule has 0 bridgehead atoms. The number of anilines is 2. The van der Waals surface area contributed by atoms with E-state index in [9.17, 15) is 4.79 Å². The quantitative estimate of drug-likeness (QED) is 0.482. The first-order chi connectivity index (χ1) is 12.6. The number of thioether (sulfide) groups is 1. The Labute approximate surface area is 160 Å². The summed E-state index contributed by atoms with van der Waals surface area (Å²) < 4.78 is 5.37. The summed E-state index contributed by atoms with van der Waals surface area (Å²) in [4.78, 5) is 17.9. The van der Waals surface area contributed by atoms with Gasteiger partial charge >= 0.3 is 0 Å². The minimum absolute atomic E-state index is 0.0987. The molecular formula is C19H19N3O2S2. The van der Waals surface area contributed by atoms with Crippen molar-refractivity contribution < 1.29 is 9.53 Å². The van der Waals surface area contributed by atoms with Crippen molar-refractivity contribution in [2.24, 2.45) is 0 Å². The molecule has 26 heavy (non-hydrogen) atoms. The molecule has 3 rings (SSSR count). The molecule has 0 aliphatic rings. The van der Waals surface area contributed by atoms with E-state index in [-0.39, 0.29) is 11.2 Å². The van der Waals surface area contributed by atoms with Crippen molar-refractivity contribution >= 4 is 39.8 Å².